The van der Waals surface area contributed by atoms with E-state index in [0.29, 0.717) is 0 Å². The van der Waals surface area contributed by atoms with E-state index in [0.717, 1.165) is 0 Å². The zero-order chi connectivity index (χ0) is 25.9. The molecule has 33 heavy (non-hydrogen) atoms. The molecule has 0 aromatic heterocycles. The number of carbonyl (C=O) groups excluding carboxylic acids is 4. The maximum Gasteiger partial charge on any atom is 0.326 e. The molecule has 0 fully saturated rings. The van der Waals surface area contributed by atoms with E-state index in [-0.39, 0.29) is 12.3 Å². The Morgan fingerprint density at radius 2 is 1.12 bits per heavy atom. The van der Waals surface area contributed by atoms with E-state index in [2.05, 4.69) is 10.6 Å². The van der Waals surface area contributed by atoms with Crippen molar-refractivity contribution in [2.45, 2.75) is 63.7 Å². The SMILES string of the molecule is CC(C)CC(NC(=O)C(N)CC(N)=O)C(=O)NC(CC(=O)O)C(=O)NC(CC(=O)O)C(=O)O. The predicted octanol–water partition coefficient (Wildman–Crippen LogP) is -3.28. The first-order valence-electron chi connectivity index (χ1n) is 9.75. The van der Waals surface area contributed by atoms with Gasteiger partial charge < -0.3 is 42.7 Å². The molecule has 0 aliphatic rings. The minimum absolute atomic E-state index is 0.0407. The number of aliphatic carboxylic acids is 3. The molecule has 0 aliphatic carbocycles. The van der Waals surface area contributed by atoms with Gasteiger partial charge in [-0.15, -0.1) is 0 Å². The number of carbonyl (C=O) groups is 7. The van der Waals surface area contributed by atoms with Crippen molar-refractivity contribution in [1.29, 1.82) is 0 Å². The largest absolute Gasteiger partial charge is 0.481 e. The number of carboxylic acid groups (broad SMARTS) is 3. The number of rotatable bonds is 15. The number of amides is 4. The molecular weight excluding hydrogens is 446 g/mol. The Morgan fingerprint density at radius 3 is 1.55 bits per heavy atom. The molecule has 0 aromatic rings. The van der Waals surface area contributed by atoms with Crippen LogP contribution in [-0.4, -0.2) is 81.0 Å². The molecule has 0 spiro atoms. The van der Waals surface area contributed by atoms with Gasteiger partial charge in [0.2, 0.25) is 23.6 Å². The lowest BCUT2D eigenvalue weighted by Crippen LogP contribution is -2.58. The molecular formula is C18H29N5O10. The second-order valence-corrected chi connectivity index (χ2v) is 7.62. The maximum atomic E-state index is 12.7. The molecule has 15 heteroatoms. The van der Waals surface area contributed by atoms with Crippen molar-refractivity contribution in [2.75, 3.05) is 0 Å². The summed E-state index contributed by atoms with van der Waals surface area (Å²) in [6, 6.07) is -6.29. The summed E-state index contributed by atoms with van der Waals surface area (Å²) in [4.78, 5) is 81.3. The van der Waals surface area contributed by atoms with Crippen molar-refractivity contribution in [3.8, 4) is 0 Å². The first-order chi connectivity index (χ1) is 15.1. The molecule has 4 amide bonds. The quantitative estimate of drug-likeness (QED) is 0.116. The monoisotopic (exact) mass is 475 g/mol. The Kier molecular flexibility index (Phi) is 12.1. The van der Waals surface area contributed by atoms with Crippen molar-refractivity contribution >= 4 is 41.5 Å². The van der Waals surface area contributed by atoms with Crippen LogP contribution >= 0.6 is 0 Å². The van der Waals surface area contributed by atoms with Crippen LogP contribution in [0.15, 0.2) is 0 Å². The topological polar surface area (TPSA) is 268 Å². The Labute approximate surface area is 188 Å². The Hall–Kier alpha value is -3.75. The molecule has 15 nitrogen and oxygen atoms in total. The summed E-state index contributed by atoms with van der Waals surface area (Å²) in [6.45, 7) is 3.42. The first-order valence-corrected chi connectivity index (χ1v) is 9.75. The van der Waals surface area contributed by atoms with Gasteiger partial charge in [0.1, 0.15) is 18.1 Å². The second-order valence-electron chi connectivity index (χ2n) is 7.62. The third-order valence-corrected chi connectivity index (χ3v) is 4.10. The van der Waals surface area contributed by atoms with Crippen LogP contribution in [0.4, 0.5) is 0 Å². The fourth-order valence-corrected chi connectivity index (χ4v) is 2.59. The lowest BCUT2D eigenvalue weighted by Gasteiger charge is -2.25. The third-order valence-electron chi connectivity index (χ3n) is 4.10. The summed E-state index contributed by atoms with van der Waals surface area (Å²) in [7, 11) is 0. The van der Waals surface area contributed by atoms with Crippen LogP contribution in [0.2, 0.25) is 0 Å². The van der Waals surface area contributed by atoms with Crippen molar-refractivity contribution in [3.05, 3.63) is 0 Å². The summed E-state index contributed by atoms with van der Waals surface area (Å²) in [5, 5.41) is 33.1. The number of carboxylic acids is 3. The predicted molar refractivity (Wildman–Crippen MR) is 109 cm³/mol. The smallest absolute Gasteiger partial charge is 0.326 e. The van der Waals surface area contributed by atoms with Crippen molar-refractivity contribution in [1.82, 2.24) is 16.0 Å². The van der Waals surface area contributed by atoms with Gasteiger partial charge in [-0.1, -0.05) is 13.8 Å². The number of primary amides is 1. The van der Waals surface area contributed by atoms with Gasteiger partial charge in [0.25, 0.3) is 0 Å². The Balaban J connectivity index is 5.56. The van der Waals surface area contributed by atoms with Crippen LogP contribution in [0.25, 0.3) is 0 Å². The highest BCUT2D eigenvalue weighted by Crippen LogP contribution is 2.07. The van der Waals surface area contributed by atoms with Crippen LogP contribution in [0.5, 0.6) is 0 Å². The minimum atomic E-state index is -1.87. The van der Waals surface area contributed by atoms with E-state index in [1.807, 2.05) is 5.32 Å². The van der Waals surface area contributed by atoms with E-state index in [1.54, 1.807) is 13.8 Å². The highest BCUT2D eigenvalue weighted by atomic mass is 16.4. The molecule has 0 radical (unpaired) electrons. The van der Waals surface area contributed by atoms with Gasteiger partial charge in [-0.25, -0.2) is 4.79 Å². The first kappa shape index (κ1) is 29.2. The average Bonchev–Trinajstić information content (AvgIpc) is 2.64. The molecule has 10 N–H and O–H groups in total. The van der Waals surface area contributed by atoms with Gasteiger partial charge in [-0.2, -0.15) is 0 Å². The molecule has 0 bridgehead atoms. The normalized spacial score (nSPS) is 14.3. The number of nitrogens with one attached hydrogen (secondary N) is 3. The van der Waals surface area contributed by atoms with Crippen molar-refractivity contribution in [3.63, 3.8) is 0 Å². The standard InChI is InChI=1S/C18H29N5O10/c1-7(2)3-9(21-15(29)8(19)4-12(20)24)16(30)22-10(5-13(25)26)17(31)23-11(18(32)33)6-14(27)28/h7-11H,3-6,19H2,1-2H3,(H2,20,24)(H,21,29)(H,22,30)(H,23,31)(H,25,26)(H,27,28)(H,32,33). The molecule has 4 atom stereocenters. The van der Waals surface area contributed by atoms with Crippen LogP contribution in [-0.2, 0) is 33.6 Å². The van der Waals surface area contributed by atoms with E-state index in [4.69, 9.17) is 26.8 Å². The van der Waals surface area contributed by atoms with Gasteiger partial charge in [0.15, 0.2) is 0 Å². The van der Waals surface area contributed by atoms with Crippen LogP contribution < -0.4 is 27.4 Å². The summed E-state index contributed by atoms with van der Waals surface area (Å²) in [5.41, 5.74) is 10.5. The van der Waals surface area contributed by atoms with Gasteiger partial charge in [-0.05, 0) is 12.3 Å². The molecule has 0 heterocycles. The van der Waals surface area contributed by atoms with Gasteiger partial charge in [0.05, 0.1) is 25.3 Å². The molecule has 0 saturated heterocycles. The molecule has 0 saturated carbocycles. The second kappa shape index (κ2) is 13.6. The third kappa shape index (κ3) is 12.0. The van der Waals surface area contributed by atoms with Crippen molar-refractivity contribution < 1.29 is 48.9 Å². The minimum Gasteiger partial charge on any atom is -0.481 e. The van der Waals surface area contributed by atoms with E-state index in [1.165, 1.54) is 0 Å². The average molecular weight is 475 g/mol. The number of nitrogens with two attached hydrogens (primary N) is 2. The Bertz CT molecular complexity index is 785. The lowest BCUT2D eigenvalue weighted by atomic mass is 10.0. The zero-order valence-electron chi connectivity index (χ0n) is 18.1. The molecule has 4 unspecified atom stereocenters. The lowest BCUT2D eigenvalue weighted by molar-refractivity contribution is -0.148. The summed E-state index contributed by atoms with van der Waals surface area (Å²) in [6.07, 6.45) is -2.40. The molecule has 0 rings (SSSR count). The van der Waals surface area contributed by atoms with Gasteiger partial charge >= 0.3 is 17.9 Å². The fourth-order valence-electron chi connectivity index (χ4n) is 2.59. The van der Waals surface area contributed by atoms with E-state index in [9.17, 15) is 33.6 Å². The summed E-state index contributed by atoms with van der Waals surface area (Å²) in [5.74, 6) is -8.86. The highest BCUT2D eigenvalue weighted by Gasteiger charge is 2.32. The molecule has 0 aromatic carbocycles. The molecule has 186 valence electrons. The molecule has 0 aliphatic heterocycles. The zero-order valence-corrected chi connectivity index (χ0v) is 18.1. The maximum absolute atomic E-state index is 12.7. The van der Waals surface area contributed by atoms with E-state index < -0.39 is 85.0 Å². The fraction of sp³-hybridized carbons (Fsp3) is 0.611. The van der Waals surface area contributed by atoms with Crippen molar-refractivity contribution in [2.24, 2.45) is 17.4 Å². The van der Waals surface area contributed by atoms with E-state index >= 15 is 0 Å². The summed E-state index contributed by atoms with van der Waals surface area (Å²) < 4.78 is 0. The van der Waals surface area contributed by atoms with Gasteiger partial charge in [0, 0.05) is 0 Å². The van der Waals surface area contributed by atoms with Crippen LogP contribution in [0, 0.1) is 5.92 Å². The number of hydrogen-bond donors (Lipinski definition) is 8. The van der Waals surface area contributed by atoms with Crippen LogP contribution in [0.1, 0.15) is 39.5 Å². The van der Waals surface area contributed by atoms with Gasteiger partial charge in [-0.3, -0.25) is 28.8 Å². The number of hydrogen-bond acceptors (Lipinski definition) is 8. The summed E-state index contributed by atoms with van der Waals surface area (Å²) >= 11 is 0. The van der Waals surface area contributed by atoms with Crippen LogP contribution in [0.3, 0.4) is 0 Å². The highest BCUT2D eigenvalue weighted by molar-refractivity contribution is 5.96. The Morgan fingerprint density at radius 1 is 0.697 bits per heavy atom.